The summed E-state index contributed by atoms with van der Waals surface area (Å²) in [5, 5.41) is 5.17. The summed E-state index contributed by atoms with van der Waals surface area (Å²) < 4.78 is 1.20. The van der Waals surface area contributed by atoms with Gasteiger partial charge in [0.2, 0.25) is 0 Å². The lowest BCUT2D eigenvalue weighted by Crippen LogP contribution is -2.19. The van der Waals surface area contributed by atoms with Crippen molar-refractivity contribution in [1.29, 1.82) is 0 Å². The predicted molar refractivity (Wildman–Crippen MR) is 78.1 cm³/mol. The maximum atomic E-state index is 5.92. The second-order valence-electron chi connectivity index (χ2n) is 3.85. The predicted octanol–water partition coefficient (Wildman–Crippen LogP) is 4.25. The van der Waals surface area contributed by atoms with Crippen molar-refractivity contribution >= 4 is 51.6 Å². The Bertz CT molecular complexity index is 358. The standard InChI is InChI=1S/C11H13ClINS/c1-7-4-9(6-15-7)14-11-3-2-8(12)5-10(11)13/h2-3,5,7,9,14H,4,6H2,1H3. The summed E-state index contributed by atoms with van der Waals surface area (Å²) in [5.41, 5.74) is 1.21. The van der Waals surface area contributed by atoms with Crippen LogP contribution in [-0.2, 0) is 0 Å². The number of benzene rings is 1. The Labute approximate surface area is 113 Å². The van der Waals surface area contributed by atoms with E-state index in [4.69, 9.17) is 11.6 Å². The fraction of sp³-hybridized carbons (Fsp3) is 0.455. The van der Waals surface area contributed by atoms with Crippen LogP contribution in [0, 0.1) is 3.57 Å². The van der Waals surface area contributed by atoms with Crippen LogP contribution in [0.4, 0.5) is 5.69 Å². The molecule has 0 amide bonds. The van der Waals surface area contributed by atoms with Gasteiger partial charge in [-0.25, -0.2) is 0 Å². The molecule has 0 radical (unpaired) electrons. The molecule has 1 aromatic rings. The van der Waals surface area contributed by atoms with Gasteiger partial charge in [-0.05, 0) is 47.2 Å². The van der Waals surface area contributed by atoms with E-state index in [2.05, 4.69) is 40.9 Å². The van der Waals surface area contributed by atoms with Crippen molar-refractivity contribution < 1.29 is 0 Å². The molecule has 82 valence electrons. The van der Waals surface area contributed by atoms with E-state index < -0.39 is 0 Å². The molecule has 15 heavy (non-hydrogen) atoms. The molecule has 1 fully saturated rings. The Kier molecular flexibility index (Phi) is 4.07. The quantitative estimate of drug-likeness (QED) is 0.798. The first-order valence-corrected chi connectivity index (χ1v) is 7.49. The zero-order valence-electron chi connectivity index (χ0n) is 8.47. The Morgan fingerprint density at radius 1 is 1.53 bits per heavy atom. The lowest BCUT2D eigenvalue weighted by Gasteiger charge is -2.14. The maximum absolute atomic E-state index is 5.92. The summed E-state index contributed by atoms with van der Waals surface area (Å²) in [6.45, 7) is 2.29. The fourth-order valence-electron chi connectivity index (χ4n) is 1.74. The van der Waals surface area contributed by atoms with E-state index in [0.29, 0.717) is 6.04 Å². The number of anilines is 1. The second kappa shape index (κ2) is 5.15. The van der Waals surface area contributed by atoms with Gasteiger partial charge in [0.25, 0.3) is 0 Å². The number of nitrogens with one attached hydrogen (secondary N) is 1. The van der Waals surface area contributed by atoms with Gasteiger partial charge in [-0.1, -0.05) is 18.5 Å². The van der Waals surface area contributed by atoms with Crippen LogP contribution >= 0.6 is 46.0 Å². The van der Waals surface area contributed by atoms with E-state index in [-0.39, 0.29) is 0 Å². The summed E-state index contributed by atoms with van der Waals surface area (Å²) in [4.78, 5) is 0. The molecule has 1 aromatic carbocycles. The van der Waals surface area contributed by atoms with Crippen LogP contribution in [0.15, 0.2) is 18.2 Å². The van der Waals surface area contributed by atoms with Gasteiger partial charge in [0.05, 0.1) is 0 Å². The number of rotatable bonds is 2. The van der Waals surface area contributed by atoms with Gasteiger partial charge in [-0.3, -0.25) is 0 Å². The molecular formula is C11H13ClINS. The van der Waals surface area contributed by atoms with Gasteiger partial charge in [0.15, 0.2) is 0 Å². The molecule has 2 atom stereocenters. The molecule has 0 bridgehead atoms. The van der Waals surface area contributed by atoms with Crippen molar-refractivity contribution in [1.82, 2.24) is 0 Å². The van der Waals surface area contributed by atoms with Crippen LogP contribution in [0.25, 0.3) is 0 Å². The molecule has 0 saturated carbocycles. The fourth-order valence-corrected chi connectivity index (χ4v) is 3.92. The van der Waals surface area contributed by atoms with Gasteiger partial charge in [0, 0.05) is 31.3 Å². The SMILES string of the molecule is CC1CC(Nc2ccc(Cl)cc2I)CS1. The third kappa shape index (κ3) is 3.17. The number of hydrogen-bond acceptors (Lipinski definition) is 2. The average Bonchev–Trinajstić information content (AvgIpc) is 2.56. The first kappa shape index (κ1) is 11.9. The van der Waals surface area contributed by atoms with E-state index in [1.54, 1.807) is 0 Å². The lowest BCUT2D eigenvalue weighted by molar-refractivity contribution is 0.746. The van der Waals surface area contributed by atoms with Crippen LogP contribution < -0.4 is 5.32 Å². The lowest BCUT2D eigenvalue weighted by atomic mass is 10.2. The third-order valence-corrected chi connectivity index (χ3v) is 4.97. The molecule has 1 heterocycles. The summed E-state index contributed by atoms with van der Waals surface area (Å²) in [6.07, 6.45) is 1.25. The highest BCUT2D eigenvalue weighted by Crippen LogP contribution is 2.30. The molecule has 1 nitrogen and oxygen atoms in total. The third-order valence-electron chi connectivity index (χ3n) is 2.49. The first-order valence-electron chi connectivity index (χ1n) is 4.98. The van der Waals surface area contributed by atoms with E-state index in [1.807, 2.05) is 23.9 Å². The first-order chi connectivity index (χ1) is 7.15. The van der Waals surface area contributed by atoms with Crippen LogP contribution in [0.2, 0.25) is 5.02 Å². The summed E-state index contributed by atoms with van der Waals surface area (Å²) >= 11 is 10.3. The molecule has 0 aromatic heterocycles. The maximum Gasteiger partial charge on any atom is 0.0479 e. The van der Waals surface area contributed by atoms with Gasteiger partial charge >= 0.3 is 0 Å². The van der Waals surface area contributed by atoms with Crippen molar-refractivity contribution in [3.8, 4) is 0 Å². The molecule has 1 saturated heterocycles. The highest BCUT2D eigenvalue weighted by Gasteiger charge is 2.21. The molecule has 1 aliphatic heterocycles. The molecule has 1 N–H and O–H groups in total. The van der Waals surface area contributed by atoms with Crippen LogP contribution in [0.5, 0.6) is 0 Å². The van der Waals surface area contributed by atoms with E-state index in [1.165, 1.54) is 21.4 Å². The van der Waals surface area contributed by atoms with Crippen molar-refractivity contribution in [2.75, 3.05) is 11.1 Å². The molecule has 2 unspecified atom stereocenters. The van der Waals surface area contributed by atoms with Crippen LogP contribution in [-0.4, -0.2) is 17.0 Å². The minimum atomic E-state index is 0.611. The van der Waals surface area contributed by atoms with Crippen molar-refractivity contribution in [2.45, 2.75) is 24.6 Å². The van der Waals surface area contributed by atoms with Crippen molar-refractivity contribution in [2.24, 2.45) is 0 Å². The highest BCUT2D eigenvalue weighted by molar-refractivity contribution is 14.1. The van der Waals surface area contributed by atoms with E-state index in [0.717, 1.165) is 10.3 Å². The Morgan fingerprint density at radius 2 is 2.33 bits per heavy atom. The average molecular weight is 354 g/mol. The molecule has 1 aliphatic rings. The minimum Gasteiger partial charge on any atom is -0.381 e. The summed E-state index contributed by atoms with van der Waals surface area (Å²) in [5.74, 6) is 1.21. The Morgan fingerprint density at radius 3 is 2.93 bits per heavy atom. The van der Waals surface area contributed by atoms with Gasteiger partial charge < -0.3 is 5.32 Å². The van der Waals surface area contributed by atoms with Crippen LogP contribution in [0.3, 0.4) is 0 Å². The Hall–Kier alpha value is 0.390. The molecule has 2 rings (SSSR count). The van der Waals surface area contributed by atoms with Gasteiger partial charge in [-0.2, -0.15) is 11.8 Å². The number of halogens is 2. The summed E-state index contributed by atoms with van der Waals surface area (Å²) in [6, 6.07) is 6.62. The van der Waals surface area contributed by atoms with Gasteiger partial charge in [-0.15, -0.1) is 0 Å². The smallest absolute Gasteiger partial charge is 0.0479 e. The minimum absolute atomic E-state index is 0.611. The van der Waals surface area contributed by atoms with E-state index >= 15 is 0 Å². The van der Waals surface area contributed by atoms with Crippen molar-refractivity contribution in [3.05, 3.63) is 26.8 Å². The molecule has 0 aliphatic carbocycles. The zero-order chi connectivity index (χ0) is 10.8. The monoisotopic (exact) mass is 353 g/mol. The van der Waals surface area contributed by atoms with Crippen molar-refractivity contribution in [3.63, 3.8) is 0 Å². The van der Waals surface area contributed by atoms with Gasteiger partial charge in [0.1, 0.15) is 0 Å². The second-order valence-corrected chi connectivity index (χ2v) is 6.92. The molecule has 0 spiro atoms. The molecule has 4 heteroatoms. The molecular weight excluding hydrogens is 341 g/mol. The topological polar surface area (TPSA) is 12.0 Å². The Balaban J connectivity index is 2.04. The van der Waals surface area contributed by atoms with E-state index in [9.17, 15) is 0 Å². The number of thioether (sulfide) groups is 1. The normalized spacial score (nSPS) is 25.5. The zero-order valence-corrected chi connectivity index (χ0v) is 12.2. The number of hydrogen-bond donors (Lipinski definition) is 1. The highest BCUT2D eigenvalue weighted by atomic mass is 127. The summed E-state index contributed by atoms with van der Waals surface area (Å²) in [7, 11) is 0. The van der Waals surface area contributed by atoms with Crippen LogP contribution in [0.1, 0.15) is 13.3 Å². The largest absolute Gasteiger partial charge is 0.381 e.